The molecule has 0 saturated heterocycles. The van der Waals surface area contributed by atoms with Gasteiger partial charge in [-0.15, -0.1) is 10.2 Å². The van der Waals surface area contributed by atoms with Gasteiger partial charge in [-0.3, -0.25) is 4.98 Å². The van der Waals surface area contributed by atoms with Crippen LogP contribution in [0.1, 0.15) is 0 Å². The number of nitrogens with zero attached hydrogens (tertiary/aromatic N) is 5. The number of aromatic nitrogens is 5. The molecule has 0 bridgehead atoms. The number of pyridine rings is 1. The first kappa shape index (κ1) is 10.6. The molecular weight excluding hydrogens is 306 g/mol. The van der Waals surface area contributed by atoms with E-state index in [4.69, 9.17) is 11.6 Å². The van der Waals surface area contributed by atoms with E-state index >= 15 is 0 Å². The van der Waals surface area contributed by atoms with Crippen molar-refractivity contribution >= 4 is 33.2 Å². The highest BCUT2D eigenvalue weighted by molar-refractivity contribution is 9.10. The van der Waals surface area contributed by atoms with Crippen LogP contribution in [0.4, 0.5) is 0 Å². The largest absolute Gasteiger partial charge is 0.252 e. The third kappa shape index (κ3) is 1.89. The molecule has 0 amide bonds. The first-order valence-corrected chi connectivity index (χ1v) is 5.91. The monoisotopic (exact) mass is 309 g/mol. The molecule has 0 fully saturated rings. The van der Waals surface area contributed by atoms with E-state index in [0.717, 1.165) is 4.47 Å². The molecule has 5 nitrogen and oxygen atoms in total. The molecule has 0 aliphatic carbocycles. The Morgan fingerprint density at radius 1 is 1.12 bits per heavy atom. The predicted octanol–water partition coefficient (Wildman–Crippen LogP) is 2.60. The van der Waals surface area contributed by atoms with Crippen LogP contribution in [0.3, 0.4) is 0 Å². The molecule has 0 aliphatic heterocycles. The quantitative estimate of drug-likeness (QED) is 0.693. The highest BCUT2D eigenvalue weighted by Gasteiger charge is 2.10. The topological polar surface area (TPSA) is 56.0 Å². The smallest absolute Gasteiger partial charge is 0.203 e. The lowest BCUT2D eigenvalue weighted by Crippen LogP contribution is -1.96. The van der Waals surface area contributed by atoms with Gasteiger partial charge < -0.3 is 0 Å². The maximum Gasteiger partial charge on any atom is 0.203 e. The summed E-state index contributed by atoms with van der Waals surface area (Å²) in [6.07, 6.45) is 1.70. The van der Waals surface area contributed by atoms with E-state index in [1.165, 1.54) is 0 Å². The second-order valence-corrected chi connectivity index (χ2v) is 4.61. The Kier molecular flexibility index (Phi) is 2.53. The standard InChI is InChI=1S/C10H5BrClN5/c11-6-1-2-7(13-5-6)10-15-14-9-4-3-8(12)16-17(9)10/h1-5H. The summed E-state index contributed by atoms with van der Waals surface area (Å²) in [5, 5.41) is 12.6. The fraction of sp³-hybridized carbons (Fsp3) is 0. The SMILES string of the molecule is Clc1ccc2nnc(-c3ccc(Br)cn3)n2n1. The van der Waals surface area contributed by atoms with E-state index in [2.05, 4.69) is 36.2 Å². The molecule has 3 aromatic rings. The lowest BCUT2D eigenvalue weighted by Gasteiger charge is -1.98. The summed E-state index contributed by atoms with van der Waals surface area (Å²) in [5.74, 6) is 0.565. The van der Waals surface area contributed by atoms with Crippen LogP contribution in [0.5, 0.6) is 0 Å². The fourth-order valence-corrected chi connectivity index (χ4v) is 1.81. The Morgan fingerprint density at radius 2 is 2.00 bits per heavy atom. The molecule has 0 saturated carbocycles. The van der Waals surface area contributed by atoms with Gasteiger partial charge in [-0.05, 0) is 40.2 Å². The van der Waals surface area contributed by atoms with Crippen LogP contribution in [-0.2, 0) is 0 Å². The number of hydrogen-bond donors (Lipinski definition) is 0. The first-order chi connectivity index (χ1) is 8.24. The predicted molar refractivity (Wildman–Crippen MR) is 66.7 cm³/mol. The van der Waals surface area contributed by atoms with Crippen molar-refractivity contribution in [1.29, 1.82) is 0 Å². The van der Waals surface area contributed by atoms with E-state index in [1.807, 2.05) is 12.1 Å². The number of fused-ring (bicyclic) bond motifs is 1. The second kappa shape index (κ2) is 4.05. The van der Waals surface area contributed by atoms with Crippen LogP contribution in [0.15, 0.2) is 34.9 Å². The molecule has 0 unspecified atom stereocenters. The maximum atomic E-state index is 5.84. The van der Waals surface area contributed by atoms with Gasteiger partial charge in [-0.1, -0.05) is 11.6 Å². The lowest BCUT2D eigenvalue weighted by atomic mass is 10.3. The summed E-state index contributed by atoms with van der Waals surface area (Å²) in [5.41, 5.74) is 1.32. The highest BCUT2D eigenvalue weighted by Crippen LogP contribution is 2.18. The minimum atomic E-state index is 0.385. The van der Waals surface area contributed by atoms with Crippen LogP contribution in [-0.4, -0.2) is 24.8 Å². The molecule has 0 aromatic carbocycles. The molecule has 17 heavy (non-hydrogen) atoms. The van der Waals surface area contributed by atoms with Crippen molar-refractivity contribution in [3.8, 4) is 11.5 Å². The molecule has 3 aromatic heterocycles. The summed E-state index contributed by atoms with van der Waals surface area (Å²) in [6.45, 7) is 0. The van der Waals surface area contributed by atoms with Gasteiger partial charge in [0.1, 0.15) is 10.8 Å². The van der Waals surface area contributed by atoms with Crippen molar-refractivity contribution in [2.24, 2.45) is 0 Å². The van der Waals surface area contributed by atoms with Gasteiger partial charge in [0.2, 0.25) is 5.82 Å². The van der Waals surface area contributed by atoms with Crippen molar-refractivity contribution in [3.05, 3.63) is 40.1 Å². The van der Waals surface area contributed by atoms with Gasteiger partial charge in [0.15, 0.2) is 5.65 Å². The number of rotatable bonds is 1. The summed E-state index contributed by atoms with van der Waals surface area (Å²) in [7, 11) is 0. The van der Waals surface area contributed by atoms with Crippen molar-refractivity contribution in [2.75, 3.05) is 0 Å². The zero-order valence-electron chi connectivity index (χ0n) is 8.38. The number of hydrogen-bond acceptors (Lipinski definition) is 4. The molecule has 3 rings (SSSR count). The number of halogens is 2. The zero-order valence-corrected chi connectivity index (χ0v) is 10.7. The molecule has 0 N–H and O–H groups in total. The van der Waals surface area contributed by atoms with E-state index in [-0.39, 0.29) is 0 Å². The third-order valence-electron chi connectivity index (χ3n) is 2.19. The molecule has 0 radical (unpaired) electrons. The molecule has 0 atom stereocenters. The zero-order chi connectivity index (χ0) is 11.8. The minimum Gasteiger partial charge on any atom is -0.252 e. The Balaban J connectivity index is 2.23. The summed E-state index contributed by atoms with van der Waals surface area (Å²) in [6, 6.07) is 7.14. The third-order valence-corrected chi connectivity index (χ3v) is 2.86. The fourth-order valence-electron chi connectivity index (χ4n) is 1.43. The van der Waals surface area contributed by atoms with Gasteiger partial charge >= 0.3 is 0 Å². The average Bonchev–Trinajstić information content (AvgIpc) is 2.73. The summed E-state index contributed by atoms with van der Waals surface area (Å²) < 4.78 is 2.47. The van der Waals surface area contributed by atoms with E-state index in [9.17, 15) is 0 Å². The van der Waals surface area contributed by atoms with E-state index in [1.54, 1.807) is 22.8 Å². The van der Waals surface area contributed by atoms with E-state index in [0.29, 0.717) is 22.3 Å². The molecule has 0 spiro atoms. The van der Waals surface area contributed by atoms with E-state index < -0.39 is 0 Å². The Labute approximate surface area is 110 Å². The van der Waals surface area contributed by atoms with Crippen LogP contribution in [0, 0.1) is 0 Å². The lowest BCUT2D eigenvalue weighted by molar-refractivity contribution is 0.929. The van der Waals surface area contributed by atoms with Gasteiger partial charge in [0, 0.05) is 10.7 Å². The van der Waals surface area contributed by atoms with Gasteiger partial charge in [0.05, 0.1) is 0 Å². The van der Waals surface area contributed by atoms with Crippen molar-refractivity contribution < 1.29 is 0 Å². The van der Waals surface area contributed by atoms with Gasteiger partial charge in [-0.2, -0.15) is 9.61 Å². The highest BCUT2D eigenvalue weighted by atomic mass is 79.9. The van der Waals surface area contributed by atoms with Crippen molar-refractivity contribution in [3.63, 3.8) is 0 Å². The average molecular weight is 311 g/mol. The van der Waals surface area contributed by atoms with Crippen LogP contribution in [0.25, 0.3) is 17.2 Å². The summed E-state index contributed by atoms with van der Waals surface area (Å²) >= 11 is 9.17. The van der Waals surface area contributed by atoms with Crippen LogP contribution in [0.2, 0.25) is 5.15 Å². The molecular formula is C10H5BrClN5. The Hall–Kier alpha value is -1.53. The van der Waals surface area contributed by atoms with Crippen molar-refractivity contribution in [2.45, 2.75) is 0 Å². The molecule has 0 aliphatic rings. The van der Waals surface area contributed by atoms with Crippen molar-refractivity contribution in [1.82, 2.24) is 24.8 Å². The maximum absolute atomic E-state index is 5.84. The molecule has 84 valence electrons. The van der Waals surface area contributed by atoms with Gasteiger partial charge in [0.25, 0.3) is 0 Å². The first-order valence-electron chi connectivity index (χ1n) is 4.74. The second-order valence-electron chi connectivity index (χ2n) is 3.31. The Morgan fingerprint density at radius 3 is 2.76 bits per heavy atom. The Bertz CT molecular complexity index is 679. The normalized spacial score (nSPS) is 10.9. The molecule has 7 heteroatoms. The van der Waals surface area contributed by atoms with Crippen LogP contribution < -0.4 is 0 Å². The van der Waals surface area contributed by atoms with Gasteiger partial charge in [-0.25, -0.2) is 0 Å². The summed E-state index contributed by atoms with van der Waals surface area (Å²) in [4.78, 5) is 4.25. The minimum absolute atomic E-state index is 0.385. The molecule has 3 heterocycles. The van der Waals surface area contributed by atoms with Crippen LogP contribution >= 0.6 is 27.5 Å².